The van der Waals surface area contributed by atoms with Crippen molar-refractivity contribution in [3.05, 3.63) is 34.9 Å². The average Bonchev–Trinajstić information content (AvgIpc) is 2.39. The van der Waals surface area contributed by atoms with Crippen LogP contribution in [-0.4, -0.2) is 38.0 Å². The summed E-state index contributed by atoms with van der Waals surface area (Å²) in [5, 5.41) is 5.83. The van der Waals surface area contributed by atoms with E-state index in [1.807, 2.05) is 33.9 Å². The number of carbonyl (C=O) groups is 2. The van der Waals surface area contributed by atoms with Crippen LogP contribution < -0.4 is 15.5 Å². The summed E-state index contributed by atoms with van der Waals surface area (Å²) in [4.78, 5) is 24.7. The number of rotatable bonds is 7. The van der Waals surface area contributed by atoms with E-state index in [1.165, 1.54) is 11.1 Å². The van der Waals surface area contributed by atoms with Crippen molar-refractivity contribution in [1.82, 2.24) is 10.6 Å². The molecule has 1 unspecified atom stereocenters. The van der Waals surface area contributed by atoms with Crippen molar-refractivity contribution in [2.45, 2.75) is 46.7 Å². The molecule has 128 valence electrons. The fourth-order valence-electron chi connectivity index (χ4n) is 2.39. The van der Waals surface area contributed by atoms with Gasteiger partial charge in [0.25, 0.3) is 11.8 Å². The van der Waals surface area contributed by atoms with Gasteiger partial charge in [-0.2, -0.15) is 0 Å². The summed E-state index contributed by atoms with van der Waals surface area (Å²) in [6.07, 6.45) is 0. The summed E-state index contributed by atoms with van der Waals surface area (Å²) in [6, 6.07) is 6.29. The summed E-state index contributed by atoms with van der Waals surface area (Å²) < 4.78 is 0. The third-order valence-corrected chi connectivity index (χ3v) is 3.78. The molecule has 3 N–H and O–H groups in total. The number of likely N-dealkylation sites (N-methyl/N-ethyl adjacent to an activating group) is 1. The van der Waals surface area contributed by atoms with Crippen LogP contribution in [0.5, 0.6) is 0 Å². The second-order valence-corrected chi connectivity index (χ2v) is 6.67. The Kier molecular flexibility index (Phi) is 7.23. The van der Waals surface area contributed by atoms with Gasteiger partial charge < -0.3 is 15.5 Å². The molecule has 2 atom stereocenters. The van der Waals surface area contributed by atoms with Gasteiger partial charge in [0.05, 0.1) is 13.1 Å². The summed E-state index contributed by atoms with van der Waals surface area (Å²) >= 11 is 0. The van der Waals surface area contributed by atoms with Crippen LogP contribution in [0.4, 0.5) is 0 Å². The molecular weight excluding hydrogens is 290 g/mol. The zero-order valence-electron chi connectivity index (χ0n) is 15.1. The molecule has 5 nitrogen and oxygen atoms in total. The normalized spacial score (nSPS) is 13.5. The molecule has 0 spiro atoms. The highest BCUT2D eigenvalue weighted by Gasteiger charge is 2.17. The standard InChI is InChI=1S/C18H29N3O2/c1-12(2)19-17(22)10-21(6)11-18(23)20-15(5)16-8-7-13(3)14(4)9-16/h7-9,12,15H,10-11H2,1-6H3,(H,19,22)(H,20,23)/p+1/t15-/m1/s1. The van der Waals surface area contributed by atoms with E-state index < -0.39 is 0 Å². The van der Waals surface area contributed by atoms with Crippen LogP contribution >= 0.6 is 0 Å². The Morgan fingerprint density at radius 2 is 1.57 bits per heavy atom. The molecule has 0 saturated carbocycles. The first-order valence-electron chi connectivity index (χ1n) is 8.16. The summed E-state index contributed by atoms with van der Waals surface area (Å²) in [6.45, 7) is 10.5. The minimum absolute atomic E-state index is 0.0347. The summed E-state index contributed by atoms with van der Waals surface area (Å²) in [7, 11) is 1.85. The molecular formula is C18H30N3O2+. The topological polar surface area (TPSA) is 62.6 Å². The second-order valence-electron chi connectivity index (χ2n) is 6.67. The van der Waals surface area contributed by atoms with Gasteiger partial charge in [0, 0.05) is 6.04 Å². The number of amides is 2. The predicted molar refractivity (Wildman–Crippen MR) is 92.4 cm³/mol. The van der Waals surface area contributed by atoms with Crippen LogP contribution in [0.2, 0.25) is 0 Å². The molecule has 5 heteroatoms. The van der Waals surface area contributed by atoms with Crippen LogP contribution in [-0.2, 0) is 9.59 Å². The Labute approximate surface area is 139 Å². The Morgan fingerprint density at radius 1 is 1.00 bits per heavy atom. The first-order valence-corrected chi connectivity index (χ1v) is 8.16. The van der Waals surface area contributed by atoms with E-state index >= 15 is 0 Å². The minimum Gasteiger partial charge on any atom is -0.349 e. The number of hydrogen-bond donors (Lipinski definition) is 3. The van der Waals surface area contributed by atoms with E-state index in [2.05, 4.69) is 36.6 Å². The fourth-order valence-corrected chi connectivity index (χ4v) is 2.39. The van der Waals surface area contributed by atoms with Crippen LogP contribution in [0.1, 0.15) is 43.5 Å². The van der Waals surface area contributed by atoms with Crippen LogP contribution in [0, 0.1) is 13.8 Å². The SMILES string of the molecule is Cc1ccc([C@@H](C)NC(=O)C[NH+](C)CC(=O)NC(C)C)cc1C. The lowest BCUT2D eigenvalue weighted by atomic mass is 10.0. The number of nitrogens with one attached hydrogen (secondary N) is 3. The maximum absolute atomic E-state index is 12.1. The molecule has 0 heterocycles. The highest BCUT2D eigenvalue weighted by Crippen LogP contribution is 2.16. The van der Waals surface area contributed by atoms with Crippen molar-refractivity contribution >= 4 is 11.8 Å². The van der Waals surface area contributed by atoms with Crippen molar-refractivity contribution in [2.24, 2.45) is 0 Å². The van der Waals surface area contributed by atoms with Gasteiger partial charge in [-0.05, 0) is 51.3 Å². The van der Waals surface area contributed by atoms with E-state index in [1.54, 1.807) is 0 Å². The number of benzene rings is 1. The van der Waals surface area contributed by atoms with E-state index in [-0.39, 0.29) is 30.4 Å². The Hall–Kier alpha value is -1.88. The molecule has 0 aliphatic rings. The molecule has 0 radical (unpaired) electrons. The number of carbonyl (C=O) groups excluding carboxylic acids is 2. The quantitative estimate of drug-likeness (QED) is 0.686. The molecule has 0 aliphatic heterocycles. The van der Waals surface area contributed by atoms with Crippen molar-refractivity contribution in [1.29, 1.82) is 0 Å². The predicted octanol–water partition coefficient (Wildman–Crippen LogP) is 0.520. The molecule has 0 bridgehead atoms. The first kappa shape index (κ1) is 19.2. The lowest BCUT2D eigenvalue weighted by Crippen LogP contribution is -3.11. The van der Waals surface area contributed by atoms with Gasteiger partial charge in [-0.15, -0.1) is 0 Å². The smallest absolute Gasteiger partial charge is 0.275 e. The molecule has 1 rings (SSSR count). The Bertz CT molecular complexity index is 555. The van der Waals surface area contributed by atoms with Crippen LogP contribution in [0.3, 0.4) is 0 Å². The van der Waals surface area contributed by atoms with Crippen molar-refractivity contribution in [2.75, 3.05) is 20.1 Å². The van der Waals surface area contributed by atoms with Crippen LogP contribution in [0.15, 0.2) is 18.2 Å². The van der Waals surface area contributed by atoms with Crippen molar-refractivity contribution in [3.8, 4) is 0 Å². The number of hydrogen-bond acceptors (Lipinski definition) is 2. The maximum Gasteiger partial charge on any atom is 0.275 e. The lowest BCUT2D eigenvalue weighted by molar-refractivity contribution is -0.862. The van der Waals surface area contributed by atoms with Crippen molar-refractivity contribution < 1.29 is 14.5 Å². The zero-order valence-corrected chi connectivity index (χ0v) is 15.1. The molecule has 1 aromatic carbocycles. The van der Waals surface area contributed by atoms with Gasteiger partial charge in [-0.1, -0.05) is 18.2 Å². The summed E-state index contributed by atoms with van der Waals surface area (Å²) in [5.74, 6) is -0.0851. The Morgan fingerprint density at radius 3 is 2.09 bits per heavy atom. The Balaban J connectivity index is 2.48. The van der Waals surface area contributed by atoms with Crippen molar-refractivity contribution in [3.63, 3.8) is 0 Å². The molecule has 1 aromatic rings. The second kappa shape index (κ2) is 8.67. The van der Waals surface area contributed by atoms with E-state index in [0.29, 0.717) is 6.54 Å². The molecule has 23 heavy (non-hydrogen) atoms. The third-order valence-electron chi connectivity index (χ3n) is 3.78. The first-order chi connectivity index (χ1) is 10.7. The summed E-state index contributed by atoms with van der Waals surface area (Å²) in [5.41, 5.74) is 3.56. The van der Waals surface area contributed by atoms with Gasteiger partial charge in [0.1, 0.15) is 0 Å². The lowest BCUT2D eigenvalue weighted by Gasteiger charge is -2.18. The fraction of sp³-hybridized carbons (Fsp3) is 0.556. The molecule has 0 aromatic heterocycles. The maximum atomic E-state index is 12.1. The minimum atomic E-state index is -0.0504. The molecule has 0 saturated heterocycles. The number of aryl methyl sites for hydroxylation is 2. The average molecular weight is 320 g/mol. The van der Waals surface area contributed by atoms with Gasteiger partial charge in [0.15, 0.2) is 13.1 Å². The van der Waals surface area contributed by atoms with Gasteiger partial charge in [0.2, 0.25) is 0 Å². The van der Waals surface area contributed by atoms with Gasteiger partial charge in [-0.3, -0.25) is 9.59 Å². The highest BCUT2D eigenvalue weighted by molar-refractivity contribution is 5.79. The van der Waals surface area contributed by atoms with E-state index in [4.69, 9.17) is 0 Å². The molecule has 0 aliphatic carbocycles. The largest absolute Gasteiger partial charge is 0.349 e. The van der Waals surface area contributed by atoms with Crippen LogP contribution in [0.25, 0.3) is 0 Å². The molecule has 0 fully saturated rings. The van der Waals surface area contributed by atoms with Gasteiger partial charge in [-0.25, -0.2) is 0 Å². The van der Waals surface area contributed by atoms with Gasteiger partial charge >= 0.3 is 0 Å². The monoisotopic (exact) mass is 320 g/mol. The zero-order chi connectivity index (χ0) is 17.6. The van der Waals surface area contributed by atoms with E-state index in [9.17, 15) is 9.59 Å². The number of quaternary nitrogens is 1. The van der Waals surface area contributed by atoms with E-state index in [0.717, 1.165) is 10.5 Å². The molecule has 2 amide bonds. The highest BCUT2D eigenvalue weighted by atomic mass is 16.2. The third kappa shape index (κ3) is 6.82.